The van der Waals surface area contributed by atoms with Gasteiger partial charge in [-0.25, -0.2) is 0 Å². The van der Waals surface area contributed by atoms with E-state index in [1.807, 2.05) is 20.8 Å². The number of aliphatic hydroxyl groups excluding tert-OH is 1. The van der Waals surface area contributed by atoms with Gasteiger partial charge in [0, 0.05) is 13.1 Å². The zero-order valence-corrected chi connectivity index (χ0v) is 12.4. The van der Waals surface area contributed by atoms with Crippen LogP contribution in [-0.2, 0) is 0 Å². The van der Waals surface area contributed by atoms with Gasteiger partial charge in [-0.2, -0.15) is 5.10 Å². The molecule has 1 aromatic heterocycles. The normalized spacial score (nSPS) is 23.5. The van der Waals surface area contributed by atoms with Crippen molar-refractivity contribution in [2.45, 2.75) is 33.3 Å². The van der Waals surface area contributed by atoms with Crippen molar-refractivity contribution in [3.63, 3.8) is 0 Å². The molecule has 19 heavy (non-hydrogen) atoms. The summed E-state index contributed by atoms with van der Waals surface area (Å²) in [6.07, 6.45) is 0.482. The molecule has 5 nitrogen and oxygen atoms in total. The summed E-state index contributed by atoms with van der Waals surface area (Å²) in [5, 5.41) is 18.2. The van der Waals surface area contributed by atoms with Crippen LogP contribution in [-0.4, -0.2) is 39.5 Å². The van der Waals surface area contributed by atoms with Gasteiger partial charge in [-0.3, -0.25) is 0 Å². The highest BCUT2D eigenvalue weighted by Crippen LogP contribution is 2.26. The highest BCUT2D eigenvalue weighted by Gasteiger charge is 2.28. The van der Waals surface area contributed by atoms with E-state index in [1.54, 1.807) is 0 Å². The average Bonchev–Trinajstić information content (AvgIpc) is 2.35. The van der Waals surface area contributed by atoms with Gasteiger partial charge >= 0.3 is 0 Å². The Morgan fingerprint density at radius 2 is 2.11 bits per heavy atom. The van der Waals surface area contributed by atoms with Crippen molar-refractivity contribution in [2.75, 3.05) is 18.0 Å². The molecule has 0 saturated carbocycles. The minimum Gasteiger partial charge on any atom is -0.393 e. The molecule has 6 heteroatoms. The van der Waals surface area contributed by atoms with Crippen LogP contribution in [0.1, 0.15) is 30.2 Å². The molecule has 0 amide bonds. The number of hydrogen-bond donors (Lipinski definition) is 2. The van der Waals surface area contributed by atoms with Crippen LogP contribution in [0.5, 0.6) is 0 Å². The van der Waals surface area contributed by atoms with Crippen LogP contribution in [0.4, 0.5) is 5.82 Å². The Morgan fingerprint density at radius 1 is 1.42 bits per heavy atom. The number of aromatic nitrogens is 2. The van der Waals surface area contributed by atoms with E-state index in [9.17, 15) is 5.11 Å². The number of rotatable bonds is 2. The summed E-state index contributed by atoms with van der Waals surface area (Å²) < 4.78 is 0. The van der Waals surface area contributed by atoms with Crippen molar-refractivity contribution in [3.8, 4) is 0 Å². The van der Waals surface area contributed by atoms with Gasteiger partial charge in [0.2, 0.25) is 0 Å². The van der Waals surface area contributed by atoms with Gasteiger partial charge in [-0.15, -0.1) is 5.10 Å². The summed E-state index contributed by atoms with van der Waals surface area (Å²) in [6.45, 7) is 7.39. The summed E-state index contributed by atoms with van der Waals surface area (Å²) in [4.78, 5) is 2.47. The molecule has 3 N–H and O–H groups in total. The maximum Gasteiger partial charge on any atom is 0.161 e. The molecular formula is C13H20N4OS. The zero-order valence-electron chi connectivity index (χ0n) is 11.6. The summed E-state index contributed by atoms with van der Waals surface area (Å²) in [7, 11) is 0. The summed E-state index contributed by atoms with van der Waals surface area (Å²) in [5.74, 6) is 0.950. The van der Waals surface area contributed by atoms with Crippen LogP contribution in [0.25, 0.3) is 0 Å². The molecular weight excluding hydrogens is 260 g/mol. The van der Waals surface area contributed by atoms with Crippen LogP contribution in [0.3, 0.4) is 0 Å². The lowest BCUT2D eigenvalue weighted by atomic mass is 9.96. The lowest BCUT2D eigenvalue weighted by molar-refractivity contribution is 0.0968. The van der Waals surface area contributed by atoms with Crippen LogP contribution < -0.4 is 10.6 Å². The van der Waals surface area contributed by atoms with Crippen molar-refractivity contribution < 1.29 is 5.11 Å². The second-order valence-electron chi connectivity index (χ2n) is 5.25. The van der Waals surface area contributed by atoms with E-state index in [0.717, 1.165) is 42.1 Å². The molecule has 0 radical (unpaired) electrons. The quantitative estimate of drug-likeness (QED) is 0.785. The van der Waals surface area contributed by atoms with Gasteiger partial charge in [0.05, 0.1) is 17.4 Å². The first-order valence-electron chi connectivity index (χ1n) is 6.48. The Balaban J connectivity index is 2.40. The monoisotopic (exact) mass is 280 g/mol. The molecule has 2 heterocycles. The van der Waals surface area contributed by atoms with Gasteiger partial charge in [0.25, 0.3) is 0 Å². The molecule has 2 unspecified atom stereocenters. The molecule has 0 aliphatic carbocycles. The van der Waals surface area contributed by atoms with Crippen molar-refractivity contribution >= 4 is 23.0 Å². The van der Waals surface area contributed by atoms with E-state index in [2.05, 4.69) is 15.1 Å². The maximum absolute atomic E-state index is 9.81. The third kappa shape index (κ3) is 2.69. The van der Waals surface area contributed by atoms with Crippen LogP contribution in [0.15, 0.2) is 0 Å². The first-order chi connectivity index (χ1) is 8.91. The molecule has 1 aliphatic rings. The van der Waals surface area contributed by atoms with Crippen LogP contribution >= 0.6 is 12.2 Å². The summed E-state index contributed by atoms with van der Waals surface area (Å²) in [6, 6.07) is 0. The van der Waals surface area contributed by atoms with E-state index in [4.69, 9.17) is 18.0 Å². The molecule has 0 bridgehead atoms. The van der Waals surface area contributed by atoms with Crippen molar-refractivity contribution in [2.24, 2.45) is 11.7 Å². The predicted molar refractivity (Wildman–Crippen MR) is 79.4 cm³/mol. The van der Waals surface area contributed by atoms with E-state index >= 15 is 0 Å². The molecule has 104 valence electrons. The van der Waals surface area contributed by atoms with Gasteiger partial charge < -0.3 is 15.7 Å². The van der Waals surface area contributed by atoms with Crippen molar-refractivity contribution in [1.29, 1.82) is 0 Å². The van der Waals surface area contributed by atoms with Gasteiger partial charge in [0.15, 0.2) is 5.82 Å². The first-order valence-corrected chi connectivity index (χ1v) is 6.89. The minimum atomic E-state index is -0.246. The maximum atomic E-state index is 9.81. The predicted octanol–water partition coefficient (Wildman–Crippen LogP) is 0.935. The Bertz CT molecular complexity index is 506. The molecule has 0 aromatic carbocycles. The Kier molecular flexibility index (Phi) is 4.01. The summed E-state index contributed by atoms with van der Waals surface area (Å²) >= 11 is 5.15. The van der Waals surface area contributed by atoms with E-state index in [1.165, 1.54) is 0 Å². The second kappa shape index (κ2) is 5.38. The number of nitrogens with two attached hydrogens (primary N) is 1. The fraction of sp³-hybridized carbons (Fsp3) is 0.615. The third-order valence-electron chi connectivity index (χ3n) is 3.84. The van der Waals surface area contributed by atoms with Crippen LogP contribution in [0, 0.1) is 19.8 Å². The number of thiocarbonyl (C=S) groups is 1. The number of hydrogen-bond acceptors (Lipinski definition) is 5. The SMILES string of the molecule is Cc1nnc(N2CCC(O)C(C)C2)c(C(N)=S)c1C. The molecule has 1 aliphatic heterocycles. The standard InChI is InChI=1S/C13H20N4OS/c1-7-6-17(5-4-10(7)18)13-11(12(14)19)8(2)9(3)15-16-13/h7,10,18H,4-6H2,1-3H3,(H2,14,19). The van der Waals surface area contributed by atoms with Gasteiger partial charge in [0.1, 0.15) is 4.99 Å². The fourth-order valence-electron chi connectivity index (χ4n) is 2.44. The Morgan fingerprint density at radius 3 is 2.68 bits per heavy atom. The first kappa shape index (κ1) is 14.1. The highest BCUT2D eigenvalue weighted by atomic mass is 32.1. The topological polar surface area (TPSA) is 75.3 Å². The number of aliphatic hydroxyl groups is 1. The number of aryl methyl sites for hydroxylation is 1. The molecule has 0 spiro atoms. The second-order valence-corrected chi connectivity index (χ2v) is 5.69. The Labute approximate surface area is 118 Å². The molecule has 1 fully saturated rings. The molecule has 2 rings (SSSR count). The van der Waals surface area contributed by atoms with Crippen molar-refractivity contribution in [1.82, 2.24) is 10.2 Å². The number of nitrogens with zero attached hydrogens (tertiary/aromatic N) is 3. The van der Waals surface area contributed by atoms with Crippen LogP contribution in [0.2, 0.25) is 0 Å². The van der Waals surface area contributed by atoms with E-state index in [-0.39, 0.29) is 12.0 Å². The largest absolute Gasteiger partial charge is 0.393 e. The number of piperidine rings is 1. The van der Waals surface area contributed by atoms with E-state index in [0.29, 0.717) is 4.99 Å². The van der Waals surface area contributed by atoms with E-state index < -0.39 is 0 Å². The highest BCUT2D eigenvalue weighted by molar-refractivity contribution is 7.80. The molecule has 1 saturated heterocycles. The smallest absolute Gasteiger partial charge is 0.161 e. The minimum absolute atomic E-state index is 0.205. The lowest BCUT2D eigenvalue weighted by Crippen LogP contribution is -2.43. The lowest BCUT2D eigenvalue weighted by Gasteiger charge is -2.36. The molecule has 2 atom stereocenters. The van der Waals surface area contributed by atoms with Gasteiger partial charge in [-0.05, 0) is 31.7 Å². The fourth-order valence-corrected chi connectivity index (χ4v) is 2.68. The zero-order chi connectivity index (χ0) is 14.2. The molecule has 1 aromatic rings. The summed E-state index contributed by atoms with van der Waals surface area (Å²) in [5.41, 5.74) is 8.48. The average molecular weight is 280 g/mol. The number of anilines is 1. The third-order valence-corrected chi connectivity index (χ3v) is 4.05. The van der Waals surface area contributed by atoms with Gasteiger partial charge in [-0.1, -0.05) is 19.1 Å². The van der Waals surface area contributed by atoms with Crippen molar-refractivity contribution in [3.05, 3.63) is 16.8 Å². The Hall–Kier alpha value is -1.27.